The van der Waals surface area contributed by atoms with E-state index in [1.165, 1.54) is 5.56 Å². The van der Waals surface area contributed by atoms with Crippen LogP contribution in [0.2, 0.25) is 0 Å². The number of hydrogen-bond acceptors (Lipinski definition) is 2. The minimum atomic E-state index is 0.000531. The summed E-state index contributed by atoms with van der Waals surface area (Å²) >= 11 is 0. The number of benzene rings is 1. The second kappa shape index (κ2) is 6.78. The smallest absolute Gasteiger partial charge is 0.223 e. The molecule has 1 unspecified atom stereocenters. The summed E-state index contributed by atoms with van der Waals surface area (Å²) in [5.41, 5.74) is 3.48. The predicted molar refractivity (Wildman–Crippen MR) is 83.2 cm³/mol. The Hall–Kier alpha value is -1.51. The van der Waals surface area contributed by atoms with E-state index in [1.54, 1.807) is 7.11 Å². The van der Waals surface area contributed by atoms with E-state index in [0.717, 1.165) is 16.9 Å². The minimum Gasteiger partial charge on any atom is -0.496 e. The lowest BCUT2D eigenvalue weighted by molar-refractivity contribution is -0.124. The van der Waals surface area contributed by atoms with Crippen LogP contribution in [0.25, 0.3) is 0 Å². The van der Waals surface area contributed by atoms with Crippen LogP contribution in [0, 0.1) is 12.8 Å². The second-order valence-corrected chi connectivity index (χ2v) is 5.99. The molecule has 1 N–H and O–H groups in total. The molecule has 0 saturated heterocycles. The summed E-state index contributed by atoms with van der Waals surface area (Å²) in [4.78, 5) is 11.8. The molecule has 0 spiro atoms. The molecule has 0 radical (unpaired) electrons. The van der Waals surface area contributed by atoms with Crippen molar-refractivity contribution in [2.75, 3.05) is 7.11 Å². The Balaban J connectivity index is 3.11. The molecule has 0 aliphatic carbocycles. The van der Waals surface area contributed by atoms with Gasteiger partial charge in [0.15, 0.2) is 0 Å². The van der Waals surface area contributed by atoms with Gasteiger partial charge in [-0.25, -0.2) is 0 Å². The lowest BCUT2D eigenvalue weighted by atomic mass is 9.93. The van der Waals surface area contributed by atoms with Gasteiger partial charge in [0.25, 0.3) is 0 Å². The van der Waals surface area contributed by atoms with Crippen LogP contribution >= 0.6 is 0 Å². The summed E-state index contributed by atoms with van der Waals surface area (Å²) in [6, 6.07) is 4.22. The summed E-state index contributed by atoms with van der Waals surface area (Å²) < 4.78 is 5.45. The SMILES string of the molecule is COc1cc(C)c(C(C)NC(=O)C(C)C)cc1C(C)C. The molecule has 1 rings (SSSR count). The molecule has 0 aliphatic heterocycles. The third-order valence-electron chi connectivity index (χ3n) is 3.59. The molecule has 1 atom stereocenters. The van der Waals surface area contributed by atoms with Crippen molar-refractivity contribution in [3.05, 3.63) is 28.8 Å². The van der Waals surface area contributed by atoms with E-state index in [1.807, 2.05) is 20.8 Å². The number of carbonyl (C=O) groups is 1. The van der Waals surface area contributed by atoms with Crippen molar-refractivity contribution in [3.8, 4) is 5.75 Å². The first kappa shape index (κ1) is 16.5. The van der Waals surface area contributed by atoms with Gasteiger partial charge in [0, 0.05) is 5.92 Å². The van der Waals surface area contributed by atoms with E-state index < -0.39 is 0 Å². The van der Waals surface area contributed by atoms with Gasteiger partial charge >= 0.3 is 0 Å². The first-order valence-corrected chi connectivity index (χ1v) is 7.26. The zero-order valence-electron chi connectivity index (χ0n) is 13.7. The Kier molecular flexibility index (Phi) is 5.61. The minimum absolute atomic E-state index is 0.000531. The highest BCUT2D eigenvalue weighted by Crippen LogP contribution is 2.32. The Labute approximate surface area is 122 Å². The van der Waals surface area contributed by atoms with Crippen molar-refractivity contribution in [1.29, 1.82) is 0 Å². The highest BCUT2D eigenvalue weighted by Gasteiger charge is 2.17. The Morgan fingerprint density at radius 1 is 1.10 bits per heavy atom. The molecule has 0 aromatic heterocycles. The summed E-state index contributed by atoms with van der Waals surface area (Å²) in [6.45, 7) is 12.2. The maximum atomic E-state index is 11.8. The van der Waals surface area contributed by atoms with Crippen molar-refractivity contribution in [2.24, 2.45) is 5.92 Å². The van der Waals surface area contributed by atoms with Gasteiger partial charge in [0.05, 0.1) is 13.2 Å². The van der Waals surface area contributed by atoms with Crippen molar-refractivity contribution >= 4 is 5.91 Å². The fourth-order valence-electron chi connectivity index (χ4n) is 2.27. The van der Waals surface area contributed by atoms with Gasteiger partial charge in [-0.2, -0.15) is 0 Å². The first-order valence-electron chi connectivity index (χ1n) is 7.26. The van der Waals surface area contributed by atoms with Crippen LogP contribution in [0.3, 0.4) is 0 Å². The Morgan fingerprint density at radius 2 is 1.70 bits per heavy atom. The molecule has 20 heavy (non-hydrogen) atoms. The number of hydrogen-bond donors (Lipinski definition) is 1. The zero-order valence-corrected chi connectivity index (χ0v) is 13.7. The molecular formula is C17H27NO2. The van der Waals surface area contributed by atoms with E-state index in [-0.39, 0.29) is 17.9 Å². The van der Waals surface area contributed by atoms with E-state index in [0.29, 0.717) is 5.92 Å². The monoisotopic (exact) mass is 277 g/mol. The van der Waals surface area contributed by atoms with E-state index in [2.05, 4.69) is 38.2 Å². The maximum absolute atomic E-state index is 11.8. The molecule has 1 aromatic carbocycles. The number of rotatable bonds is 5. The third-order valence-corrected chi connectivity index (χ3v) is 3.59. The number of nitrogens with one attached hydrogen (secondary N) is 1. The van der Waals surface area contributed by atoms with Crippen LogP contribution in [-0.4, -0.2) is 13.0 Å². The van der Waals surface area contributed by atoms with Crippen molar-refractivity contribution in [2.45, 2.75) is 53.5 Å². The second-order valence-electron chi connectivity index (χ2n) is 5.99. The Bertz CT molecular complexity index is 478. The van der Waals surface area contributed by atoms with Crippen LogP contribution in [-0.2, 0) is 4.79 Å². The molecule has 0 bridgehead atoms. The van der Waals surface area contributed by atoms with Gasteiger partial charge in [0.2, 0.25) is 5.91 Å². The summed E-state index contributed by atoms with van der Waals surface area (Å²) in [5, 5.41) is 3.06. The average molecular weight is 277 g/mol. The normalized spacial score (nSPS) is 12.7. The first-order chi connectivity index (χ1) is 9.27. The van der Waals surface area contributed by atoms with Crippen LogP contribution in [0.5, 0.6) is 5.75 Å². The van der Waals surface area contributed by atoms with Gasteiger partial charge in [-0.15, -0.1) is 0 Å². The summed E-state index contributed by atoms with van der Waals surface area (Å²) in [7, 11) is 1.70. The molecule has 1 amide bonds. The molecule has 1 aromatic rings. The average Bonchev–Trinajstić information content (AvgIpc) is 2.37. The highest BCUT2D eigenvalue weighted by atomic mass is 16.5. The van der Waals surface area contributed by atoms with Crippen molar-refractivity contribution in [1.82, 2.24) is 5.32 Å². The van der Waals surface area contributed by atoms with Gasteiger partial charge in [-0.3, -0.25) is 4.79 Å². The topological polar surface area (TPSA) is 38.3 Å². The molecule has 3 heteroatoms. The number of aryl methyl sites for hydroxylation is 1. The number of amides is 1. The molecule has 0 saturated carbocycles. The zero-order chi connectivity index (χ0) is 15.4. The maximum Gasteiger partial charge on any atom is 0.223 e. The largest absolute Gasteiger partial charge is 0.496 e. The fraction of sp³-hybridized carbons (Fsp3) is 0.588. The van der Waals surface area contributed by atoms with E-state index in [4.69, 9.17) is 4.74 Å². The van der Waals surface area contributed by atoms with E-state index in [9.17, 15) is 4.79 Å². The highest BCUT2D eigenvalue weighted by molar-refractivity contribution is 5.78. The molecule has 112 valence electrons. The van der Waals surface area contributed by atoms with Crippen molar-refractivity contribution in [3.63, 3.8) is 0 Å². The summed E-state index contributed by atoms with van der Waals surface area (Å²) in [6.07, 6.45) is 0. The third kappa shape index (κ3) is 3.75. The molecule has 3 nitrogen and oxygen atoms in total. The Morgan fingerprint density at radius 3 is 2.15 bits per heavy atom. The number of methoxy groups -OCH3 is 1. The lowest BCUT2D eigenvalue weighted by Crippen LogP contribution is -2.30. The quantitative estimate of drug-likeness (QED) is 0.884. The van der Waals surface area contributed by atoms with Crippen LogP contribution in [0.15, 0.2) is 12.1 Å². The molecule has 0 fully saturated rings. The summed E-state index contributed by atoms with van der Waals surface area (Å²) in [5.74, 6) is 1.39. The number of carbonyl (C=O) groups excluding carboxylic acids is 1. The van der Waals surface area contributed by atoms with Crippen LogP contribution in [0.1, 0.15) is 63.3 Å². The van der Waals surface area contributed by atoms with Crippen molar-refractivity contribution < 1.29 is 9.53 Å². The number of ether oxygens (including phenoxy) is 1. The van der Waals surface area contributed by atoms with E-state index >= 15 is 0 Å². The van der Waals surface area contributed by atoms with Gasteiger partial charge in [-0.1, -0.05) is 27.7 Å². The standard InChI is InChI=1S/C17H27NO2/c1-10(2)14-9-15(12(5)8-16(14)20-7)13(6)18-17(19)11(3)4/h8-11,13H,1-7H3,(H,18,19). The molecule has 0 aliphatic rings. The molecule has 0 heterocycles. The van der Waals surface area contributed by atoms with Gasteiger partial charge in [-0.05, 0) is 48.6 Å². The molecular weight excluding hydrogens is 250 g/mol. The van der Waals surface area contributed by atoms with Gasteiger partial charge < -0.3 is 10.1 Å². The fourth-order valence-corrected chi connectivity index (χ4v) is 2.27. The lowest BCUT2D eigenvalue weighted by Gasteiger charge is -2.21. The van der Waals surface area contributed by atoms with Crippen LogP contribution < -0.4 is 10.1 Å². The predicted octanol–water partition coefficient (Wildman–Crippen LogP) is 3.96. The van der Waals surface area contributed by atoms with Crippen LogP contribution in [0.4, 0.5) is 0 Å². The van der Waals surface area contributed by atoms with Gasteiger partial charge in [0.1, 0.15) is 5.75 Å².